The molecule has 1 aromatic heterocycles. The van der Waals surface area contributed by atoms with E-state index < -0.39 is 0 Å². The molecule has 24 heavy (non-hydrogen) atoms. The average molecular weight is 346 g/mol. The summed E-state index contributed by atoms with van der Waals surface area (Å²) in [6.07, 6.45) is 0.177. The quantitative estimate of drug-likeness (QED) is 0.899. The molecule has 7 nitrogen and oxygen atoms in total. The van der Waals surface area contributed by atoms with Gasteiger partial charge in [0.1, 0.15) is 10.8 Å². The normalized spacial score (nSPS) is 13.6. The maximum absolute atomic E-state index is 12.1. The summed E-state index contributed by atoms with van der Waals surface area (Å²) in [5.74, 6) is 0.580. The number of para-hydroxylation sites is 2. The number of benzene rings is 1. The first kappa shape index (κ1) is 16.4. The van der Waals surface area contributed by atoms with E-state index in [0.29, 0.717) is 23.1 Å². The Labute approximate surface area is 143 Å². The van der Waals surface area contributed by atoms with Crippen LogP contribution in [0.2, 0.25) is 0 Å². The second kappa shape index (κ2) is 6.96. The lowest BCUT2D eigenvalue weighted by Gasteiger charge is -2.29. The van der Waals surface area contributed by atoms with Crippen molar-refractivity contribution in [2.24, 2.45) is 0 Å². The zero-order valence-corrected chi connectivity index (χ0v) is 14.3. The van der Waals surface area contributed by atoms with Crippen LogP contribution in [-0.2, 0) is 9.59 Å². The van der Waals surface area contributed by atoms with Crippen molar-refractivity contribution in [3.05, 3.63) is 29.3 Å². The van der Waals surface area contributed by atoms with Crippen LogP contribution in [0.5, 0.6) is 5.75 Å². The van der Waals surface area contributed by atoms with Crippen molar-refractivity contribution in [2.45, 2.75) is 26.2 Å². The lowest BCUT2D eigenvalue weighted by atomic mass is 10.2. The molecular weight excluding hydrogens is 328 g/mol. The molecule has 0 aliphatic carbocycles. The summed E-state index contributed by atoms with van der Waals surface area (Å²) in [6, 6.07) is 7.30. The van der Waals surface area contributed by atoms with E-state index in [9.17, 15) is 9.59 Å². The highest BCUT2D eigenvalue weighted by atomic mass is 32.1. The van der Waals surface area contributed by atoms with Crippen LogP contribution in [0.3, 0.4) is 0 Å². The number of rotatable bonds is 5. The summed E-state index contributed by atoms with van der Waals surface area (Å²) in [5, 5.41) is 12.1. The Kier molecular flexibility index (Phi) is 4.75. The van der Waals surface area contributed by atoms with Crippen LogP contribution in [0.25, 0.3) is 0 Å². The van der Waals surface area contributed by atoms with Crippen LogP contribution in [0.15, 0.2) is 24.3 Å². The van der Waals surface area contributed by atoms with E-state index in [1.54, 1.807) is 4.90 Å². The van der Waals surface area contributed by atoms with Crippen molar-refractivity contribution in [3.63, 3.8) is 0 Å². The van der Waals surface area contributed by atoms with E-state index in [1.165, 1.54) is 11.3 Å². The van der Waals surface area contributed by atoms with E-state index in [-0.39, 0.29) is 30.8 Å². The summed E-state index contributed by atoms with van der Waals surface area (Å²) in [6.45, 7) is 4.33. The Morgan fingerprint density at radius 3 is 2.92 bits per heavy atom. The van der Waals surface area contributed by atoms with Gasteiger partial charge in [0.2, 0.25) is 11.0 Å². The highest BCUT2D eigenvalue weighted by Gasteiger charge is 2.25. The van der Waals surface area contributed by atoms with Crippen molar-refractivity contribution in [1.29, 1.82) is 0 Å². The number of nitrogens with one attached hydrogen (secondary N) is 1. The summed E-state index contributed by atoms with van der Waals surface area (Å²) >= 11 is 1.37. The van der Waals surface area contributed by atoms with Crippen molar-refractivity contribution < 1.29 is 14.3 Å². The molecule has 1 aliphatic heterocycles. The van der Waals surface area contributed by atoms with E-state index in [4.69, 9.17) is 4.74 Å². The third kappa shape index (κ3) is 3.53. The van der Waals surface area contributed by atoms with Crippen molar-refractivity contribution in [3.8, 4) is 5.75 Å². The number of hydrogen-bond donors (Lipinski definition) is 1. The molecule has 2 amide bonds. The molecule has 0 radical (unpaired) electrons. The van der Waals surface area contributed by atoms with Crippen LogP contribution in [-0.4, -0.2) is 35.2 Å². The number of anilines is 2. The lowest BCUT2D eigenvalue weighted by Crippen LogP contribution is -2.40. The van der Waals surface area contributed by atoms with Gasteiger partial charge in [-0.15, -0.1) is 10.2 Å². The topological polar surface area (TPSA) is 84.4 Å². The van der Waals surface area contributed by atoms with Crippen LogP contribution >= 0.6 is 11.3 Å². The Balaban J connectivity index is 1.60. The standard InChI is InChI=1S/C16H18N4O3S/c1-10(2)15-18-19-16(24-15)17-13(21)7-8-20-11-5-3-4-6-12(11)23-9-14(20)22/h3-6,10H,7-9H2,1-2H3,(H,17,19,21). The average Bonchev–Trinajstić information content (AvgIpc) is 3.02. The number of amides is 2. The van der Waals surface area contributed by atoms with Gasteiger partial charge in [0.15, 0.2) is 6.61 Å². The Morgan fingerprint density at radius 2 is 2.17 bits per heavy atom. The van der Waals surface area contributed by atoms with Crippen molar-refractivity contribution in [1.82, 2.24) is 10.2 Å². The maximum atomic E-state index is 12.1. The van der Waals surface area contributed by atoms with Crippen molar-refractivity contribution in [2.75, 3.05) is 23.4 Å². The van der Waals surface area contributed by atoms with Crippen LogP contribution in [0.1, 0.15) is 31.2 Å². The van der Waals surface area contributed by atoms with Gasteiger partial charge in [0, 0.05) is 18.9 Å². The van der Waals surface area contributed by atoms with Gasteiger partial charge in [0.25, 0.3) is 5.91 Å². The molecule has 2 aromatic rings. The lowest BCUT2D eigenvalue weighted by molar-refractivity contribution is -0.121. The third-order valence-corrected chi connectivity index (χ3v) is 4.69. The molecule has 0 spiro atoms. The van der Waals surface area contributed by atoms with Crippen LogP contribution in [0.4, 0.5) is 10.8 Å². The monoisotopic (exact) mass is 346 g/mol. The molecule has 2 heterocycles. The second-order valence-electron chi connectivity index (χ2n) is 5.70. The highest BCUT2D eigenvalue weighted by Crippen LogP contribution is 2.31. The third-order valence-electron chi connectivity index (χ3n) is 3.55. The molecular formula is C16H18N4O3S. The molecule has 0 unspecified atom stereocenters. The second-order valence-corrected chi connectivity index (χ2v) is 6.71. The van der Waals surface area contributed by atoms with Gasteiger partial charge in [-0.25, -0.2) is 0 Å². The summed E-state index contributed by atoms with van der Waals surface area (Å²) in [4.78, 5) is 25.7. The van der Waals surface area contributed by atoms with Crippen LogP contribution in [0, 0.1) is 0 Å². The first-order valence-corrected chi connectivity index (χ1v) is 8.51. The van der Waals surface area contributed by atoms with Crippen LogP contribution < -0.4 is 15.0 Å². The van der Waals surface area contributed by atoms with Gasteiger partial charge in [-0.1, -0.05) is 37.3 Å². The minimum absolute atomic E-state index is 0.00716. The summed E-state index contributed by atoms with van der Waals surface area (Å²) < 4.78 is 5.39. The number of fused-ring (bicyclic) bond motifs is 1. The maximum Gasteiger partial charge on any atom is 0.265 e. The number of carbonyl (C=O) groups is 2. The molecule has 0 bridgehead atoms. The van der Waals surface area contributed by atoms with Crippen molar-refractivity contribution >= 4 is 34.0 Å². The Bertz CT molecular complexity index is 759. The summed E-state index contributed by atoms with van der Waals surface area (Å²) in [5.41, 5.74) is 0.694. The van der Waals surface area contributed by atoms with Gasteiger partial charge in [-0.2, -0.15) is 0 Å². The zero-order valence-electron chi connectivity index (χ0n) is 13.5. The van der Waals surface area contributed by atoms with Gasteiger partial charge < -0.3 is 15.0 Å². The molecule has 8 heteroatoms. The predicted octanol–water partition coefficient (Wildman–Crippen LogP) is 2.42. The minimum atomic E-state index is -0.196. The number of ether oxygens (including phenoxy) is 1. The molecule has 126 valence electrons. The van der Waals surface area contributed by atoms with Gasteiger partial charge >= 0.3 is 0 Å². The minimum Gasteiger partial charge on any atom is -0.482 e. The fourth-order valence-electron chi connectivity index (χ4n) is 2.31. The van der Waals surface area contributed by atoms with Gasteiger partial charge in [-0.3, -0.25) is 9.59 Å². The number of nitrogens with zero attached hydrogens (tertiary/aromatic N) is 3. The zero-order chi connectivity index (χ0) is 17.1. The molecule has 0 fully saturated rings. The fourth-order valence-corrected chi connectivity index (χ4v) is 3.07. The highest BCUT2D eigenvalue weighted by molar-refractivity contribution is 7.15. The number of hydrogen-bond acceptors (Lipinski definition) is 6. The first-order valence-electron chi connectivity index (χ1n) is 7.70. The fraction of sp³-hybridized carbons (Fsp3) is 0.375. The molecule has 1 N–H and O–H groups in total. The Morgan fingerprint density at radius 1 is 1.38 bits per heavy atom. The molecule has 0 saturated carbocycles. The van der Waals surface area contributed by atoms with E-state index in [1.807, 2.05) is 38.1 Å². The largest absolute Gasteiger partial charge is 0.482 e. The number of aromatic nitrogens is 2. The predicted molar refractivity (Wildman–Crippen MR) is 91.5 cm³/mol. The number of carbonyl (C=O) groups excluding carboxylic acids is 2. The first-order chi connectivity index (χ1) is 11.5. The van der Waals surface area contributed by atoms with E-state index in [0.717, 1.165) is 5.01 Å². The SMILES string of the molecule is CC(C)c1nnc(NC(=O)CCN2C(=O)COc3ccccc32)s1. The van der Waals surface area contributed by atoms with E-state index >= 15 is 0 Å². The molecule has 1 aromatic carbocycles. The molecule has 1 aliphatic rings. The van der Waals surface area contributed by atoms with E-state index in [2.05, 4.69) is 15.5 Å². The molecule has 0 atom stereocenters. The van der Waals surface area contributed by atoms with Gasteiger partial charge in [-0.05, 0) is 12.1 Å². The van der Waals surface area contributed by atoms with Gasteiger partial charge in [0.05, 0.1) is 5.69 Å². The molecule has 0 saturated heterocycles. The Hall–Kier alpha value is -2.48. The molecule has 3 rings (SSSR count). The smallest absolute Gasteiger partial charge is 0.265 e. The summed E-state index contributed by atoms with van der Waals surface area (Å²) in [7, 11) is 0.